The molecule has 0 saturated carbocycles. The normalized spacial score (nSPS) is 12.2. The second-order valence-corrected chi connectivity index (χ2v) is 4.76. The van der Waals surface area contributed by atoms with Crippen molar-refractivity contribution in [3.63, 3.8) is 0 Å². The number of hydrogen-bond donors (Lipinski definition) is 1. The summed E-state index contributed by atoms with van der Waals surface area (Å²) >= 11 is 0. The first-order valence-corrected chi connectivity index (χ1v) is 6.16. The third kappa shape index (κ3) is 2.86. The molecule has 1 N–H and O–H groups in total. The first-order chi connectivity index (χ1) is 8.56. The smallest absolute Gasteiger partial charge is 0.126 e. The molecule has 3 nitrogen and oxygen atoms in total. The lowest BCUT2D eigenvalue weighted by atomic mass is 10.2. The molecule has 2 aromatic rings. The van der Waals surface area contributed by atoms with Crippen molar-refractivity contribution in [2.24, 2.45) is 0 Å². The molecule has 0 spiro atoms. The molecule has 0 aliphatic heterocycles. The van der Waals surface area contributed by atoms with Gasteiger partial charge in [-0.2, -0.15) is 0 Å². The van der Waals surface area contributed by atoms with Gasteiger partial charge in [0.15, 0.2) is 0 Å². The number of nitrogens with zero attached hydrogens (tertiary/aromatic N) is 1. The van der Waals surface area contributed by atoms with Crippen LogP contribution in [0, 0.1) is 6.92 Å². The van der Waals surface area contributed by atoms with Gasteiger partial charge < -0.3 is 14.6 Å². The van der Waals surface area contributed by atoms with Crippen molar-refractivity contribution < 1.29 is 4.42 Å². The van der Waals surface area contributed by atoms with Gasteiger partial charge >= 0.3 is 0 Å². The van der Waals surface area contributed by atoms with Gasteiger partial charge in [0.2, 0.25) is 0 Å². The Morgan fingerprint density at radius 3 is 2.56 bits per heavy atom. The van der Waals surface area contributed by atoms with E-state index in [4.69, 9.17) is 4.42 Å². The summed E-state index contributed by atoms with van der Waals surface area (Å²) in [5, 5.41) is 3.45. The van der Waals surface area contributed by atoms with Gasteiger partial charge in [0, 0.05) is 25.5 Å². The van der Waals surface area contributed by atoms with Crippen LogP contribution in [0.4, 0.5) is 11.4 Å². The van der Waals surface area contributed by atoms with Crippen molar-refractivity contribution in [3.05, 3.63) is 47.9 Å². The van der Waals surface area contributed by atoms with E-state index >= 15 is 0 Å². The zero-order valence-corrected chi connectivity index (χ0v) is 11.4. The topological polar surface area (TPSA) is 28.4 Å². The van der Waals surface area contributed by atoms with E-state index in [0.29, 0.717) is 0 Å². The molecule has 2 rings (SSSR count). The minimum atomic E-state index is 0.163. The quantitative estimate of drug-likeness (QED) is 0.886. The lowest BCUT2D eigenvalue weighted by Crippen LogP contribution is -2.10. The highest BCUT2D eigenvalue weighted by Gasteiger charge is 2.09. The Bertz CT molecular complexity index is 517. The molecule has 0 amide bonds. The van der Waals surface area contributed by atoms with Crippen LogP contribution in [0.1, 0.15) is 24.5 Å². The van der Waals surface area contributed by atoms with E-state index in [2.05, 4.69) is 41.4 Å². The third-order valence-electron chi connectivity index (χ3n) is 2.93. The summed E-state index contributed by atoms with van der Waals surface area (Å²) in [6, 6.07) is 12.5. The zero-order chi connectivity index (χ0) is 13.1. The van der Waals surface area contributed by atoms with Crippen LogP contribution in [0.2, 0.25) is 0 Å². The summed E-state index contributed by atoms with van der Waals surface area (Å²) in [7, 11) is 4.08. The number of furan rings is 1. The van der Waals surface area contributed by atoms with E-state index in [1.807, 2.05) is 33.2 Å². The lowest BCUT2D eigenvalue weighted by molar-refractivity contribution is 0.467. The van der Waals surface area contributed by atoms with Gasteiger partial charge in [0.05, 0.1) is 6.04 Å². The van der Waals surface area contributed by atoms with Gasteiger partial charge in [-0.15, -0.1) is 0 Å². The average molecular weight is 244 g/mol. The predicted octanol–water partition coefficient (Wildman–Crippen LogP) is 3.83. The summed E-state index contributed by atoms with van der Waals surface area (Å²) in [5.41, 5.74) is 2.28. The highest BCUT2D eigenvalue weighted by molar-refractivity contribution is 5.57. The van der Waals surface area contributed by atoms with E-state index in [1.54, 1.807) is 0 Å². The monoisotopic (exact) mass is 244 g/mol. The molecule has 18 heavy (non-hydrogen) atoms. The first-order valence-electron chi connectivity index (χ1n) is 6.16. The standard InChI is InChI=1S/C15H20N2O/c1-11-8-9-15(18-11)12(2)16-13-6-5-7-14(10-13)17(3)4/h5-10,12,16H,1-4H3. The van der Waals surface area contributed by atoms with E-state index < -0.39 is 0 Å². The molecule has 96 valence electrons. The fourth-order valence-corrected chi connectivity index (χ4v) is 1.88. The number of benzene rings is 1. The first kappa shape index (κ1) is 12.6. The van der Waals surface area contributed by atoms with Crippen molar-refractivity contribution in [1.29, 1.82) is 0 Å². The minimum absolute atomic E-state index is 0.163. The second kappa shape index (κ2) is 5.17. The van der Waals surface area contributed by atoms with Crippen LogP contribution in [-0.2, 0) is 0 Å². The Balaban J connectivity index is 2.11. The number of hydrogen-bond acceptors (Lipinski definition) is 3. The molecular formula is C15H20N2O. The molecule has 0 aliphatic rings. The summed E-state index contributed by atoms with van der Waals surface area (Å²) in [4.78, 5) is 2.09. The van der Waals surface area contributed by atoms with Crippen molar-refractivity contribution in [2.45, 2.75) is 19.9 Å². The zero-order valence-electron chi connectivity index (χ0n) is 11.4. The number of aryl methyl sites for hydroxylation is 1. The van der Waals surface area contributed by atoms with E-state index in [-0.39, 0.29) is 6.04 Å². The molecular weight excluding hydrogens is 224 g/mol. The summed E-state index contributed by atoms with van der Waals surface area (Å²) in [6.45, 7) is 4.06. The molecule has 1 atom stereocenters. The van der Waals surface area contributed by atoms with Gasteiger partial charge in [0.1, 0.15) is 11.5 Å². The fourth-order valence-electron chi connectivity index (χ4n) is 1.88. The number of rotatable bonds is 4. The number of nitrogens with one attached hydrogen (secondary N) is 1. The maximum Gasteiger partial charge on any atom is 0.126 e. The highest BCUT2D eigenvalue weighted by Crippen LogP contribution is 2.23. The molecule has 0 aliphatic carbocycles. The summed E-state index contributed by atoms with van der Waals surface area (Å²) in [5.74, 6) is 1.91. The molecule has 0 fully saturated rings. The predicted molar refractivity (Wildman–Crippen MR) is 76.3 cm³/mol. The maximum absolute atomic E-state index is 5.62. The van der Waals surface area contributed by atoms with Crippen LogP contribution in [0.5, 0.6) is 0 Å². The van der Waals surface area contributed by atoms with Crippen LogP contribution in [0.25, 0.3) is 0 Å². The van der Waals surface area contributed by atoms with E-state index in [1.165, 1.54) is 5.69 Å². The molecule has 0 saturated heterocycles. The van der Waals surface area contributed by atoms with Crippen molar-refractivity contribution in [2.75, 3.05) is 24.3 Å². The lowest BCUT2D eigenvalue weighted by Gasteiger charge is -2.17. The molecule has 0 bridgehead atoms. The second-order valence-electron chi connectivity index (χ2n) is 4.76. The van der Waals surface area contributed by atoms with Crippen LogP contribution >= 0.6 is 0 Å². The van der Waals surface area contributed by atoms with Crippen LogP contribution in [-0.4, -0.2) is 14.1 Å². The Morgan fingerprint density at radius 2 is 1.94 bits per heavy atom. The van der Waals surface area contributed by atoms with Crippen molar-refractivity contribution in [3.8, 4) is 0 Å². The SMILES string of the molecule is Cc1ccc(C(C)Nc2cccc(N(C)C)c2)o1. The Kier molecular flexibility index (Phi) is 3.60. The fraction of sp³-hybridized carbons (Fsp3) is 0.333. The molecule has 3 heteroatoms. The van der Waals surface area contributed by atoms with E-state index in [0.717, 1.165) is 17.2 Å². The molecule has 1 aromatic carbocycles. The average Bonchev–Trinajstić information content (AvgIpc) is 2.76. The summed E-state index contributed by atoms with van der Waals surface area (Å²) < 4.78 is 5.62. The number of anilines is 2. The molecule has 1 unspecified atom stereocenters. The van der Waals surface area contributed by atoms with Gasteiger partial charge in [-0.25, -0.2) is 0 Å². The summed E-state index contributed by atoms with van der Waals surface area (Å²) in [6.07, 6.45) is 0. The Morgan fingerprint density at radius 1 is 1.17 bits per heavy atom. The molecule has 1 heterocycles. The van der Waals surface area contributed by atoms with Gasteiger partial charge in [-0.05, 0) is 44.2 Å². The van der Waals surface area contributed by atoms with Crippen molar-refractivity contribution >= 4 is 11.4 Å². The maximum atomic E-state index is 5.62. The van der Waals surface area contributed by atoms with Gasteiger partial charge in [0.25, 0.3) is 0 Å². The van der Waals surface area contributed by atoms with Gasteiger partial charge in [-0.1, -0.05) is 6.07 Å². The van der Waals surface area contributed by atoms with Gasteiger partial charge in [-0.3, -0.25) is 0 Å². The van der Waals surface area contributed by atoms with Crippen molar-refractivity contribution in [1.82, 2.24) is 0 Å². The Labute approximate surface area is 108 Å². The van der Waals surface area contributed by atoms with E-state index in [9.17, 15) is 0 Å². The van der Waals surface area contributed by atoms with Crippen LogP contribution < -0.4 is 10.2 Å². The van der Waals surface area contributed by atoms with Crippen LogP contribution in [0.15, 0.2) is 40.8 Å². The minimum Gasteiger partial charge on any atom is -0.464 e. The largest absolute Gasteiger partial charge is 0.464 e. The third-order valence-corrected chi connectivity index (χ3v) is 2.93. The molecule has 1 aromatic heterocycles. The van der Waals surface area contributed by atoms with Crippen LogP contribution in [0.3, 0.4) is 0 Å². The Hall–Kier alpha value is -1.90. The highest BCUT2D eigenvalue weighted by atomic mass is 16.3. The molecule has 0 radical (unpaired) electrons.